The van der Waals surface area contributed by atoms with Crippen LogP contribution in [0.4, 0.5) is 0 Å². The minimum absolute atomic E-state index is 0.00735. The molecule has 0 bridgehead atoms. The van der Waals surface area contributed by atoms with Crippen LogP contribution in [-0.2, 0) is 20.9 Å². The predicted octanol–water partition coefficient (Wildman–Crippen LogP) is 4.04. The monoisotopic (exact) mass is 501 g/mol. The molecule has 2 saturated heterocycles. The van der Waals surface area contributed by atoms with Gasteiger partial charge in [0.2, 0.25) is 29.0 Å². The second kappa shape index (κ2) is 8.11. The van der Waals surface area contributed by atoms with E-state index in [0.29, 0.717) is 21.9 Å². The fraction of sp³-hybridized carbons (Fsp3) is 0.214. The first-order valence-corrected chi connectivity index (χ1v) is 11.8. The van der Waals surface area contributed by atoms with Crippen molar-refractivity contribution >= 4 is 35.0 Å². The Bertz CT molecular complexity index is 1400. The standard InChI is InChI=1S/C28H20ClNO6/c1-35-18-12-6-15(7-13-18)14-30-26(33)21-22(27(30)34)28(36-23(21)16-8-10-17(29)11-9-16)24(31)19-4-2-3-5-20(19)25(28)32/h2-13,21-23H,14H2,1H3. The first-order chi connectivity index (χ1) is 17.4. The van der Waals surface area contributed by atoms with E-state index < -0.39 is 46.9 Å². The molecule has 36 heavy (non-hydrogen) atoms. The van der Waals surface area contributed by atoms with E-state index in [1.807, 2.05) is 0 Å². The summed E-state index contributed by atoms with van der Waals surface area (Å²) in [6.07, 6.45) is -0.966. The Hall–Kier alpha value is -3.81. The smallest absolute Gasteiger partial charge is 0.237 e. The number of hydrogen-bond acceptors (Lipinski definition) is 6. The van der Waals surface area contributed by atoms with Crippen molar-refractivity contribution in [1.82, 2.24) is 4.90 Å². The van der Waals surface area contributed by atoms with Gasteiger partial charge in [-0.3, -0.25) is 24.1 Å². The van der Waals surface area contributed by atoms with E-state index in [1.54, 1.807) is 79.9 Å². The molecule has 0 aromatic heterocycles. The van der Waals surface area contributed by atoms with Gasteiger partial charge in [-0.15, -0.1) is 0 Å². The van der Waals surface area contributed by atoms with E-state index >= 15 is 0 Å². The molecule has 0 N–H and O–H groups in total. The van der Waals surface area contributed by atoms with Gasteiger partial charge in [0.15, 0.2) is 0 Å². The molecule has 3 aliphatic rings. The van der Waals surface area contributed by atoms with E-state index in [4.69, 9.17) is 21.1 Å². The number of nitrogens with zero attached hydrogens (tertiary/aromatic N) is 1. The zero-order chi connectivity index (χ0) is 25.2. The van der Waals surface area contributed by atoms with Crippen LogP contribution in [0.1, 0.15) is 37.9 Å². The van der Waals surface area contributed by atoms with Gasteiger partial charge >= 0.3 is 0 Å². The largest absolute Gasteiger partial charge is 0.497 e. The van der Waals surface area contributed by atoms with Crippen LogP contribution >= 0.6 is 11.6 Å². The number of carbonyl (C=O) groups is 4. The summed E-state index contributed by atoms with van der Waals surface area (Å²) in [7, 11) is 1.55. The Morgan fingerprint density at radius 3 is 2.06 bits per heavy atom. The van der Waals surface area contributed by atoms with E-state index in [-0.39, 0.29) is 17.7 Å². The molecule has 3 unspecified atom stereocenters. The van der Waals surface area contributed by atoms with Gasteiger partial charge in [-0.2, -0.15) is 0 Å². The van der Waals surface area contributed by atoms with Crippen LogP contribution in [0.2, 0.25) is 5.02 Å². The van der Waals surface area contributed by atoms with Gasteiger partial charge < -0.3 is 9.47 Å². The number of carbonyl (C=O) groups excluding carboxylic acids is 4. The average Bonchev–Trinajstić information content (AvgIpc) is 3.46. The second-order valence-electron chi connectivity index (χ2n) is 9.14. The molecule has 0 saturated carbocycles. The van der Waals surface area contributed by atoms with Crippen LogP contribution in [0.15, 0.2) is 72.8 Å². The fourth-order valence-corrected chi connectivity index (χ4v) is 5.73. The van der Waals surface area contributed by atoms with Crippen molar-refractivity contribution < 1.29 is 28.7 Å². The second-order valence-corrected chi connectivity index (χ2v) is 9.58. The highest BCUT2D eigenvalue weighted by Gasteiger charge is 2.74. The van der Waals surface area contributed by atoms with Crippen molar-refractivity contribution in [1.29, 1.82) is 0 Å². The highest BCUT2D eigenvalue weighted by Crippen LogP contribution is 2.57. The molecule has 1 aliphatic carbocycles. The fourth-order valence-electron chi connectivity index (χ4n) is 5.60. The lowest BCUT2D eigenvalue weighted by molar-refractivity contribution is -0.145. The predicted molar refractivity (Wildman–Crippen MR) is 129 cm³/mol. The maximum Gasteiger partial charge on any atom is 0.237 e. The summed E-state index contributed by atoms with van der Waals surface area (Å²) >= 11 is 6.06. The number of benzene rings is 3. The number of ether oxygens (including phenoxy) is 2. The van der Waals surface area contributed by atoms with E-state index in [2.05, 4.69) is 0 Å². The summed E-state index contributed by atoms with van der Waals surface area (Å²) in [6.45, 7) is 0.00735. The minimum Gasteiger partial charge on any atom is -0.497 e. The Kier molecular flexibility index (Phi) is 5.10. The van der Waals surface area contributed by atoms with Gasteiger partial charge in [0.1, 0.15) is 5.75 Å². The summed E-state index contributed by atoms with van der Waals surface area (Å²) in [4.78, 5) is 56.2. The molecular formula is C28H20ClNO6. The molecule has 1 spiro atoms. The number of rotatable bonds is 4. The SMILES string of the molecule is COc1ccc(CN2C(=O)C3C(c4ccc(Cl)cc4)OC4(C(=O)c5ccccc5C4=O)C3C2=O)cc1. The molecule has 2 amide bonds. The molecule has 8 heteroatoms. The maximum atomic E-state index is 13.8. The number of ketones is 2. The highest BCUT2D eigenvalue weighted by molar-refractivity contribution is 6.35. The van der Waals surface area contributed by atoms with Gasteiger partial charge in [0.25, 0.3) is 0 Å². The maximum absolute atomic E-state index is 13.8. The highest BCUT2D eigenvalue weighted by atomic mass is 35.5. The van der Waals surface area contributed by atoms with Gasteiger partial charge in [0.05, 0.1) is 31.6 Å². The number of Topliss-reactive ketones (excluding diaryl/α,β-unsaturated/α-hetero) is 2. The molecular weight excluding hydrogens is 482 g/mol. The Labute approximate surface area is 211 Å². The van der Waals surface area contributed by atoms with Crippen LogP contribution in [0.25, 0.3) is 0 Å². The average molecular weight is 502 g/mol. The quantitative estimate of drug-likeness (QED) is 0.396. The minimum atomic E-state index is -2.08. The number of fused-ring (bicyclic) bond motifs is 3. The zero-order valence-electron chi connectivity index (χ0n) is 19.1. The topological polar surface area (TPSA) is 90.0 Å². The summed E-state index contributed by atoms with van der Waals surface area (Å²) in [6, 6.07) is 20.1. The van der Waals surface area contributed by atoms with Crippen LogP contribution in [0, 0.1) is 11.8 Å². The van der Waals surface area contributed by atoms with Crippen molar-refractivity contribution in [3.8, 4) is 5.75 Å². The third kappa shape index (κ3) is 3.03. The van der Waals surface area contributed by atoms with E-state index in [9.17, 15) is 19.2 Å². The third-order valence-electron chi connectivity index (χ3n) is 7.31. The normalized spacial score (nSPS) is 23.9. The van der Waals surface area contributed by atoms with Crippen molar-refractivity contribution in [2.75, 3.05) is 7.11 Å². The number of hydrogen-bond donors (Lipinski definition) is 0. The molecule has 3 aromatic carbocycles. The summed E-state index contributed by atoms with van der Waals surface area (Å²) in [5.74, 6) is -3.88. The first-order valence-electron chi connectivity index (χ1n) is 11.5. The van der Waals surface area contributed by atoms with Crippen molar-refractivity contribution in [2.45, 2.75) is 18.2 Å². The molecule has 6 rings (SSSR count). The number of amides is 2. The molecule has 180 valence electrons. The molecule has 7 nitrogen and oxygen atoms in total. The summed E-state index contributed by atoms with van der Waals surface area (Å²) in [5, 5.41) is 0.485. The lowest BCUT2D eigenvalue weighted by Gasteiger charge is -2.27. The van der Waals surface area contributed by atoms with E-state index in [0.717, 1.165) is 4.90 Å². The van der Waals surface area contributed by atoms with Gasteiger partial charge in [0, 0.05) is 16.1 Å². The molecule has 3 aromatic rings. The van der Waals surface area contributed by atoms with Gasteiger partial charge in [-0.25, -0.2) is 0 Å². The Morgan fingerprint density at radius 1 is 0.861 bits per heavy atom. The number of halogens is 1. The molecule has 2 heterocycles. The summed E-state index contributed by atoms with van der Waals surface area (Å²) < 4.78 is 11.4. The third-order valence-corrected chi connectivity index (χ3v) is 7.56. The molecule has 3 atom stereocenters. The number of methoxy groups -OCH3 is 1. The molecule has 0 radical (unpaired) electrons. The molecule has 2 aliphatic heterocycles. The lowest BCUT2D eigenvalue weighted by atomic mass is 9.77. The van der Waals surface area contributed by atoms with Crippen LogP contribution in [0.5, 0.6) is 5.75 Å². The van der Waals surface area contributed by atoms with Crippen LogP contribution in [-0.4, -0.2) is 41.0 Å². The van der Waals surface area contributed by atoms with Crippen molar-refractivity contribution in [2.24, 2.45) is 11.8 Å². The summed E-state index contributed by atoms with van der Waals surface area (Å²) in [5.41, 5.74) is -0.406. The number of likely N-dealkylation sites (tertiary alicyclic amines) is 1. The van der Waals surface area contributed by atoms with Crippen LogP contribution in [0.3, 0.4) is 0 Å². The van der Waals surface area contributed by atoms with E-state index in [1.165, 1.54) is 0 Å². The van der Waals surface area contributed by atoms with Crippen molar-refractivity contribution in [3.63, 3.8) is 0 Å². The molecule has 2 fully saturated rings. The Balaban J connectivity index is 1.45. The lowest BCUT2D eigenvalue weighted by Crippen LogP contribution is -2.50. The number of imide groups is 1. The first kappa shape index (κ1) is 22.6. The van der Waals surface area contributed by atoms with Crippen molar-refractivity contribution in [3.05, 3.63) is 100 Å². The van der Waals surface area contributed by atoms with Crippen LogP contribution < -0.4 is 4.74 Å². The Morgan fingerprint density at radius 2 is 1.47 bits per heavy atom. The van der Waals surface area contributed by atoms with Gasteiger partial charge in [-0.05, 0) is 35.4 Å². The van der Waals surface area contributed by atoms with Gasteiger partial charge in [-0.1, -0.05) is 60.1 Å². The zero-order valence-corrected chi connectivity index (χ0v) is 19.9.